The lowest BCUT2D eigenvalue weighted by molar-refractivity contribution is -0.121. The summed E-state index contributed by atoms with van der Waals surface area (Å²) in [6.45, 7) is 0.869. The molecule has 2 rings (SSSR count). The van der Waals surface area contributed by atoms with E-state index in [4.69, 9.17) is 9.47 Å². The highest BCUT2D eigenvalue weighted by Crippen LogP contribution is 2.10. The van der Waals surface area contributed by atoms with Crippen LogP contribution in [0.3, 0.4) is 0 Å². The lowest BCUT2D eigenvalue weighted by atomic mass is 10.1. The van der Waals surface area contributed by atoms with Crippen LogP contribution in [0.15, 0.2) is 54.6 Å². The third kappa shape index (κ3) is 6.35. The quantitative estimate of drug-likeness (QED) is 0.659. The van der Waals surface area contributed by atoms with Crippen molar-refractivity contribution in [2.45, 2.75) is 0 Å². The number of amides is 1. The number of benzene rings is 2. The van der Waals surface area contributed by atoms with Gasteiger partial charge in [0.25, 0.3) is 0 Å². The Balaban J connectivity index is 1.92. The summed E-state index contributed by atoms with van der Waals surface area (Å²) in [7, 11) is 1.59. The molecule has 0 saturated heterocycles. The van der Waals surface area contributed by atoms with Crippen molar-refractivity contribution in [2.75, 3.05) is 32.2 Å². The maximum Gasteiger partial charge on any atom is 0.250 e. The van der Waals surface area contributed by atoms with E-state index in [1.54, 1.807) is 7.11 Å². The average Bonchev–Trinajstić information content (AvgIpc) is 2.58. The Labute approximate surface area is 136 Å². The Kier molecular flexibility index (Phi) is 6.86. The van der Waals surface area contributed by atoms with Gasteiger partial charge in [-0.05, 0) is 30.3 Å². The molecule has 0 spiro atoms. The van der Waals surface area contributed by atoms with Crippen LogP contribution in [0.25, 0.3) is 0 Å². The first-order valence-electron chi connectivity index (χ1n) is 7.31. The number of methoxy groups -OCH3 is 1. The molecule has 0 unspecified atom stereocenters. The SMILES string of the molecule is COCCOCC(=O)Nc1cccc(C#Cc2ccccc2)c1. The van der Waals surface area contributed by atoms with Gasteiger partial charge in [-0.2, -0.15) is 0 Å². The minimum Gasteiger partial charge on any atom is -0.382 e. The Morgan fingerprint density at radius 2 is 1.74 bits per heavy atom. The first kappa shape index (κ1) is 16.8. The monoisotopic (exact) mass is 309 g/mol. The normalized spacial score (nSPS) is 9.78. The van der Waals surface area contributed by atoms with Gasteiger partial charge in [-0.3, -0.25) is 4.79 Å². The van der Waals surface area contributed by atoms with Gasteiger partial charge in [0.15, 0.2) is 0 Å². The van der Waals surface area contributed by atoms with Crippen molar-refractivity contribution in [2.24, 2.45) is 0 Å². The molecule has 1 N–H and O–H groups in total. The van der Waals surface area contributed by atoms with Gasteiger partial charge in [-0.1, -0.05) is 36.1 Å². The van der Waals surface area contributed by atoms with E-state index in [9.17, 15) is 4.79 Å². The van der Waals surface area contributed by atoms with E-state index in [0.717, 1.165) is 11.1 Å². The molecule has 4 heteroatoms. The van der Waals surface area contributed by atoms with E-state index in [0.29, 0.717) is 18.9 Å². The lowest BCUT2D eigenvalue weighted by Gasteiger charge is -2.06. The van der Waals surface area contributed by atoms with Crippen LogP contribution >= 0.6 is 0 Å². The number of anilines is 1. The molecule has 0 bridgehead atoms. The van der Waals surface area contributed by atoms with E-state index in [1.807, 2.05) is 54.6 Å². The summed E-state index contributed by atoms with van der Waals surface area (Å²) in [5, 5.41) is 2.78. The van der Waals surface area contributed by atoms with Crippen LogP contribution < -0.4 is 5.32 Å². The van der Waals surface area contributed by atoms with Crippen molar-refractivity contribution in [1.29, 1.82) is 0 Å². The van der Waals surface area contributed by atoms with Gasteiger partial charge in [0.05, 0.1) is 13.2 Å². The molecule has 1 amide bonds. The molecule has 0 radical (unpaired) electrons. The molecule has 0 saturated carbocycles. The predicted molar refractivity (Wildman–Crippen MR) is 90.2 cm³/mol. The zero-order chi connectivity index (χ0) is 16.3. The maximum absolute atomic E-state index is 11.8. The molecule has 2 aromatic carbocycles. The van der Waals surface area contributed by atoms with Crippen molar-refractivity contribution in [3.05, 3.63) is 65.7 Å². The molecule has 0 aliphatic carbocycles. The highest BCUT2D eigenvalue weighted by atomic mass is 16.5. The van der Waals surface area contributed by atoms with Gasteiger partial charge in [-0.15, -0.1) is 0 Å². The smallest absolute Gasteiger partial charge is 0.250 e. The van der Waals surface area contributed by atoms with Crippen molar-refractivity contribution in [3.63, 3.8) is 0 Å². The third-order valence-corrected chi connectivity index (χ3v) is 2.94. The van der Waals surface area contributed by atoms with Crippen LogP contribution in [-0.4, -0.2) is 32.8 Å². The molecular formula is C19H19NO3. The van der Waals surface area contributed by atoms with Crippen molar-refractivity contribution in [3.8, 4) is 11.8 Å². The Bertz CT molecular complexity index is 687. The summed E-state index contributed by atoms with van der Waals surface area (Å²) in [5.74, 6) is 5.97. The summed E-state index contributed by atoms with van der Waals surface area (Å²) >= 11 is 0. The molecular weight excluding hydrogens is 290 g/mol. The fourth-order valence-corrected chi connectivity index (χ4v) is 1.84. The Morgan fingerprint density at radius 1 is 1.00 bits per heavy atom. The number of carbonyl (C=O) groups is 1. The summed E-state index contributed by atoms with van der Waals surface area (Å²) < 4.78 is 10.0. The first-order valence-corrected chi connectivity index (χ1v) is 7.31. The lowest BCUT2D eigenvalue weighted by Crippen LogP contribution is -2.19. The molecule has 4 nitrogen and oxygen atoms in total. The average molecular weight is 309 g/mol. The van der Waals surface area contributed by atoms with Crippen molar-refractivity contribution >= 4 is 11.6 Å². The second-order valence-electron chi connectivity index (χ2n) is 4.79. The summed E-state index contributed by atoms with van der Waals surface area (Å²) in [5.41, 5.74) is 2.49. The van der Waals surface area contributed by atoms with E-state index < -0.39 is 0 Å². The summed E-state index contributed by atoms with van der Waals surface area (Å²) in [6.07, 6.45) is 0. The second kappa shape index (κ2) is 9.42. The summed E-state index contributed by atoms with van der Waals surface area (Å²) in [6, 6.07) is 17.2. The van der Waals surface area contributed by atoms with Crippen LogP contribution in [0.1, 0.15) is 11.1 Å². The Morgan fingerprint density at radius 3 is 2.52 bits per heavy atom. The van der Waals surface area contributed by atoms with E-state index in [-0.39, 0.29) is 12.5 Å². The molecule has 0 aromatic heterocycles. The topological polar surface area (TPSA) is 47.6 Å². The standard InChI is InChI=1S/C19H19NO3/c1-22-12-13-23-15-19(21)20-18-9-5-8-17(14-18)11-10-16-6-3-2-4-7-16/h2-9,14H,12-13,15H2,1H3,(H,20,21). The number of nitrogens with one attached hydrogen (secondary N) is 1. The fourth-order valence-electron chi connectivity index (χ4n) is 1.84. The molecule has 0 aliphatic heterocycles. The van der Waals surface area contributed by atoms with E-state index >= 15 is 0 Å². The molecule has 0 aliphatic rings. The van der Waals surface area contributed by atoms with Crippen LogP contribution in [-0.2, 0) is 14.3 Å². The van der Waals surface area contributed by atoms with Gasteiger partial charge < -0.3 is 14.8 Å². The molecule has 0 fully saturated rings. The predicted octanol–water partition coefficient (Wildman–Crippen LogP) is 2.69. The van der Waals surface area contributed by atoms with Crippen molar-refractivity contribution in [1.82, 2.24) is 0 Å². The molecule has 23 heavy (non-hydrogen) atoms. The molecule has 118 valence electrons. The second-order valence-corrected chi connectivity index (χ2v) is 4.79. The highest BCUT2D eigenvalue weighted by molar-refractivity contribution is 5.91. The van der Waals surface area contributed by atoms with Gasteiger partial charge in [0.2, 0.25) is 5.91 Å². The van der Waals surface area contributed by atoms with Gasteiger partial charge in [0.1, 0.15) is 6.61 Å². The van der Waals surface area contributed by atoms with Crippen molar-refractivity contribution < 1.29 is 14.3 Å². The maximum atomic E-state index is 11.8. The first-order chi connectivity index (χ1) is 11.3. The van der Waals surface area contributed by atoms with Crippen LogP contribution in [0, 0.1) is 11.8 Å². The van der Waals surface area contributed by atoms with Gasteiger partial charge >= 0.3 is 0 Å². The van der Waals surface area contributed by atoms with Crippen LogP contribution in [0.2, 0.25) is 0 Å². The highest BCUT2D eigenvalue weighted by Gasteiger charge is 2.02. The molecule has 0 heterocycles. The van der Waals surface area contributed by atoms with Crippen LogP contribution in [0.5, 0.6) is 0 Å². The van der Waals surface area contributed by atoms with Crippen LogP contribution in [0.4, 0.5) is 5.69 Å². The molecule has 0 atom stereocenters. The minimum absolute atomic E-state index is 0.00326. The zero-order valence-electron chi connectivity index (χ0n) is 13.0. The van der Waals surface area contributed by atoms with E-state index in [2.05, 4.69) is 17.2 Å². The van der Waals surface area contributed by atoms with Gasteiger partial charge in [-0.25, -0.2) is 0 Å². The summed E-state index contributed by atoms with van der Waals surface area (Å²) in [4.78, 5) is 11.8. The minimum atomic E-state index is -0.200. The molecule has 2 aromatic rings. The van der Waals surface area contributed by atoms with Gasteiger partial charge in [0, 0.05) is 23.9 Å². The zero-order valence-corrected chi connectivity index (χ0v) is 13.0. The number of carbonyl (C=O) groups excluding carboxylic acids is 1. The number of ether oxygens (including phenoxy) is 2. The number of hydrogen-bond acceptors (Lipinski definition) is 3. The largest absolute Gasteiger partial charge is 0.382 e. The van der Waals surface area contributed by atoms with E-state index in [1.165, 1.54) is 0 Å². The Hall–Kier alpha value is -2.61. The third-order valence-electron chi connectivity index (χ3n) is 2.94. The fraction of sp³-hybridized carbons (Fsp3) is 0.211. The number of rotatable bonds is 6. The number of hydrogen-bond donors (Lipinski definition) is 1.